The molecule has 0 atom stereocenters. The summed E-state index contributed by atoms with van der Waals surface area (Å²) in [5.41, 5.74) is 14.6. The predicted octanol–water partition coefficient (Wildman–Crippen LogP) is 3.01. The number of hydrogen-bond donors (Lipinski definition) is 2. The normalized spacial score (nSPS) is 30.0. The Morgan fingerprint density at radius 3 is 2.30 bits per heavy atom. The summed E-state index contributed by atoms with van der Waals surface area (Å²) < 4.78 is 0. The van der Waals surface area contributed by atoms with Gasteiger partial charge in [0.2, 0.25) is 0 Å². The Labute approximate surface area is 140 Å². The highest BCUT2D eigenvalue weighted by molar-refractivity contribution is 5.45. The summed E-state index contributed by atoms with van der Waals surface area (Å²) in [5.74, 6) is 1.67. The molecule has 1 aromatic heterocycles. The van der Waals surface area contributed by atoms with E-state index in [0.717, 1.165) is 56.3 Å². The van der Waals surface area contributed by atoms with E-state index in [-0.39, 0.29) is 5.54 Å². The van der Waals surface area contributed by atoms with Crippen molar-refractivity contribution in [3.8, 4) is 0 Å². The van der Waals surface area contributed by atoms with Gasteiger partial charge in [-0.05, 0) is 62.5 Å². The third kappa shape index (κ3) is 3.69. The number of nitrogens with two attached hydrogens (primary N) is 2. The first-order valence-electron chi connectivity index (χ1n) is 9.24. The molecule has 128 valence electrons. The number of nitrogens with zero attached hydrogens (tertiary/aromatic N) is 2. The van der Waals surface area contributed by atoms with Gasteiger partial charge >= 0.3 is 0 Å². The summed E-state index contributed by atoms with van der Waals surface area (Å²) in [5, 5.41) is 0. The number of rotatable bonds is 3. The molecule has 4 heteroatoms. The molecule has 0 spiro atoms. The predicted molar refractivity (Wildman–Crippen MR) is 96.3 cm³/mol. The molecule has 2 heterocycles. The van der Waals surface area contributed by atoms with Gasteiger partial charge in [0.05, 0.1) is 23.1 Å². The maximum Gasteiger partial charge on any atom is 0.0604 e. The van der Waals surface area contributed by atoms with Crippen LogP contribution in [0.3, 0.4) is 0 Å². The van der Waals surface area contributed by atoms with Gasteiger partial charge in [0.1, 0.15) is 0 Å². The van der Waals surface area contributed by atoms with Crippen molar-refractivity contribution < 1.29 is 0 Å². The number of anilines is 1. The minimum atomic E-state index is -0.279. The van der Waals surface area contributed by atoms with Gasteiger partial charge in [0.25, 0.3) is 0 Å². The molecule has 1 saturated carbocycles. The molecule has 2 fully saturated rings. The fourth-order valence-corrected chi connectivity index (χ4v) is 4.10. The third-order valence-electron chi connectivity index (χ3n) is 6.03. The van der Waals surface area contributed by atoms with Gasteiger partial charge in [0, 0.05) is 19.1 Å². The number of hydrogen-bond acceptors (Lipinski definition) is 4. The lowest BCUT2D eigenvalue weighted by molar-refractivity contribution is 0.271. The SMILES string of the molecule is CC(C)C1CCN(c2ccc(C3(N)CCC(N)CC3)nc2)CC1. The highest BCUT2D eigenvalue weighted by Gasteiger charge is 2.33. The Balaban J connectivity index is 1.64. The van der Waals surface area contributed by atoms with Crippen LogP contribution in [0.5, 0.6) is 0 Å². The molecule has 1 aromatic rings. The molecule has 3 rings (SSSR count). The Hall–Kier alpha value is -1.13. The van der Waals surface area contributed by atoms with Gasteiger partial charge in [-0.25, -0.2) is 0 Å². The average Bonchev–Trinajstić information content (AvgIpc) is 2.58. The van der Waals surface area contributed by atoms with Crippen molar-refractivity contribution >= 4 is 5.69 Å². The Bertz CT molecular complexity index is 495. The zero-order valence-electron chi connectivity index (χ0n) is 14.7. The second-order valence-electron chi connectivity index (χ2n) is 7.96. The molecule has 1 saturated heterocycles. The standard InChI is InChI=1S/C19H32N4/c1-14(2)15-7-11-23(12-8-15)17-3-4-18(22-13-17)19(21)9-5-16(20)6-10-19/h3-4,13-16H,5-12,20-21H2,1-2H3. The van der Waals surface area contributed by atoms with Crippen molar-refractivity contribution in [2.45, 2.75) is 64.0 Å². The zero-order valence-corrected chi connectivity index (χ0v) is 14.7. The van der Waals surface area contributed by atoms with Crippen molar-refractivity contribution in [3.05, 3.63) is 24.0 Å². The summed E-state index contributed by atoms with van der Waals surface area (Å²) in [6.45, 7) is 6.97. The van der Waals surface area contributed by atoms with Crippen LogP contribution >= 0.6 is 0 Å². The molecule has 0 amide bonds. The maximum absolute atomic E-state index is 6.59. The van der Waals surface area contributed by atoms with Gasteiger partial charge < -0.3 is 16.4 Å². The smallest absolute Gasteiger partial charge is 0.0604 e. The van der Waals surface area contributed by atoms with Crippen LogP contribution in [-0.2, 0) is 5.54 Å². The maximum atomic E-state index is 6.59. The van der Waals surface area contributed by atoms with E-state index in [1.807, 2.05) is 6.20 Å². The molecule has 2 aliphatic rings. The lowest BCUT2D eigenvalue weighted by Gasteiger charge is -2.37. The number of pyridine rings is 1. The summed E-state index contributed by atoms with van der Waals surface area (Å²) >= 11 is 0. The summed E-state index contributed by atoms with van der Waals surface area (Å²) in [4.78, 5) is 7.19. The fourth-order valence-electron chi connectivity index (χ4n) is 4.10. The van der Waals surface area contributed by atoms with E-state index in [1.165, 1.54) is 18.5 Å². The first kappa shape index (κ1) is 16.7. The molecule has 1 aliphatic carbocycles. The third-order valence-corrected chi connectivity index (χ3v) is 6.03. The van der Waals surface area contributed by atoms with E-state index >= 15 is 0 Å². The first-order chi connectivity index (χ1) is 11.0. The monoisotopic (exact) mass is 316 g/mol. The van der Waals surface area contributed by atoms with Gasteiger partial charge in [-0.1, -0.05) is 13.8 Å². The minimum Gasteiger partial charge on any atom is -0.370 e. The summed E-state index contributed by atoms with van der Waals surface area (Å²) in [7, 11) is 0. The summed E-state index contributed by atoms with van der Waals surface area (Å²) in [6.07, 6.45) is 8.50. The van der Waals surface area contributed by atoms with Crippen LogP contribution < -0.4 is 16.4 Å². The van der Waals surface area contributed by atoms with E-state index in [2.05, 4.69) is 30.9 Å². The van der Waals surface area contributed by atoms with Crippen molar-refractivity contribution in [1.82, 2.24) is 4.98 Å². The molecule has 4 N–H and O–H groups in total. The van der Waals surface area contributed by atoms with Crippen LogP contribution in [0.1, 0.15) is 58.1 Å². The average molecular weight is 316 g/mol. The van der Waals surface area contributed by atoms with Gasteiger partial charge in [-0.3, -0.25) is 4.98 Å². The highest BCUT2D eigenvalue weighted by Crippen LogP contribution is 2.34. The van der Waals surface area contributed by atoms with Crippen LogP contribution in [-0.4, -0.2) is 24.1 Å². The summed E-state index contributed by atoms with van der Waals surface area (Å²) in [6, 6.07) is 4.66. The van der Waals surface area contributed by atoms with E-state index in [1.54, 1.807) is 0 Å². The van der Waals surface area contributed by atoms with Crippen molar-refractivity contribution in [2.75, 3.05) is 18.0 Å². The molecule has 4 nitrogen and oxygen atoms in total. The van der Waals surface area contributed by atoms with Crippen molar-refractivity contribution in [1.29, 1.82) is 0 Å². The van der Waals surface area contributed by atoms with E-state index in [0.29, 0.717) is 6.04 Å². The largest absolute Gasteiger partial charge is 0.370 e. The molecule has 0 bridgehead atoms. The van der Waals surface area contributed by atoms with Crippen LogP contribution in [0.15, 0.2) is 18.3 Å². The second-order valence-corrected chi connectivity index (χ2v) is 7.96. The van der Waals surface area contributed by atoms with Crippen LogP contribution in [0.4, 0.5) is 5.69 Å². The minimum absolute atomic E-state index is 0.279. The number of piperidine rings is 1. The highest BCUT2D eigenvalue weighted by atomic mass is 15.1. The topological polar surface area (TPSA) is 68.2 Å². The Morgan fingerprint density at radius 1 is 1.13 bits per heavy atom. The van der Waals surface area contributed by atoms with Gasteiger partial charge in [-0.2, -0.15) is 0 Å². The van der Waals surface area contributed by atoms with Crippen LogP contribution in [0.25, 0.3) is 0 Å². The quantitative estimate of drug-likeness (QED) is 0.899. The second kappa shape index (κ2) is 6.78. The lowest BCUT2D eigenvalue weighted by Crippen LogP contribution is -2.44. The molecular formula is C19H32N4. The van der Waals surface area contributed by atoms with E-state index < -0.39 is 0 Å². The molecule has 0 unspecified atom stereocenters. The van der Waals surface area contributed by atoms with Crippen LogP contribution in [0.2, 0.25) is 0 Å². The van der Waals surface area contributed by atoms with Crippen molar-refractivity contribution in [3.63, 3.8) is 0 Å². The molecule has 23 heavy (non-hydrogen) atoms. The molecule has 1 aliphatic heterocycles. The van der Waals surface area contributed by atoms with E-state index in [9.17, 15) is 0 Å². The number of aromatic nitrogens is 1. The van der Waals surface area contributed by atoms with Gasteiger partial charge in [0.15, 0.2) is 0 Å². The first-order valence-corrected chi connectivity index (χ1v) is 9.24. The van der Waals surface area contributed by atoms with E-state index in [4.69, 9.17) is 16.5 Å². The van der Waals surface area contributed by atoms with Crippen molar-refractivity contribution in [2.24, 2.45) is 23.3 Å². The van der Waals surface area contributed by atoms with Crippen LogP contribution in [0, 0.1) is 11.8 Å². The molecular weight excluding hydrogens is 284 g/mol. The Kier molecular flexibility index (Phi) is 4.93. The molecule has 0 radical (unpaired) electrons. The zero-order chi connectivity index (χ0) is 16.4. The Morgan fingerprint density at radius 2 is 1.78 bits per heavy atom. The lowest BCUT2D eigenvalue weighted by atomic mass is 9.78. The molecule has 0 aromatic carbocycles. The van der Waals surface area contributed by atoms with Gasteiger partial charge in [-0.15, -0.1) is 0 Å². The fraction of sp³-hybridized carbons (Fsp3) is 0.737.